The van der Waals surface area contributed by atoms with Crippen molar-refractivity contribution >= 4 is 28.3 Å². The van der Waals surface area contributed by atoms with Gasteiger partial charge in [0.25, 0.3) is 0 Å². The first-order valence-corrected chi connectivity index (χ1v) is 9.98. The third-order valence-electron chi connectivity index (χ3n) is 4.26. The van der Waals surface area contributed by atoms with Gasteiger partial charge in [0.1, 0.15) is 11.6 Å². The van der Waals surface area contributed by atoms with Crippen LogP contribution in [0, 0.1) is 5.82 Å². The third-order valence-corrected chi connectivity index (χ3v) is 5.05. The molecule has 0 aliphatic rings. The Bertz CT molecular complexity index is 914. The van der Waals surface area contributed by atoms with E-state index in [1.165, 1.54) is 17.6 Å². The van der Waals surface area contributed by atoms with Crippen LogP contribution in [0.2, 0.25) is 0 Å². The van der Waals surface area contributed by atoms with Crippen molar-refractivity contribution in [2.45, 2.75) is 32.7 Å². The van der Waals surface area contributed by atoms with Crippen LogP contribution in [0.3, 0.4) is 0 Å². The minimum atomic E-state index is -0.439. The lowest BCUT2D eigenvalue weighted by atomic mass is 10.1. The molecule has 28 heavy (non-hydrogen) atoms. The Hall–Kier alpha value is -2.80. The number of hydrogen-bond acceptors (Lipinski definition) is 5. The first kappa shape index (κ1) is 19.9. The Kier molecular flexibility index (Phi) is 6.71. The predicted octanol–water partition coefficient (Wildman–Crippen LogP) is 4.51. The number of amides is 1. The molecule has 3 aromatic rings. The number of carbonyl (C=O) groups excluding carboxylic acids is 1. The van der Waals surface area contributed by atoms with Crippen molar-refractivity contribution in [1.82, 2.24) is 9.36 Å². The third kappa shape index (κ3) is 5.36. The number of anilines is 2. The minimum Gasteiger partial charge on any atom is -0.344 e. The van der Waals surface area contributed by atoms with Gasteiger partial charge in [-0.3, -0.25) is 4.79 Å². The monoisotopic (exact) mass is 398 g/mol. The molecule has 0 fully saturated rings. The van der Waals surface area contributed by atoms with Crippen LogP contribution in [0.5, 0.6) is 0 Å². The van der Waals surface area contributed by atoms with Gasteiger partial charge in [-0.25, -0.2) is 9.37 Å². The molecular formula is C21H23FN4OS. The van der Waals surface area contributed by atoms with Gasteiger partial charge in [0.05, 0.1) is 5.69 Å². The summed E-state index contributed by atoms with van der Waals surface area (Å²) in [6.07, 6.45) is 0.914. The molecule has 7 heteroatoms. The molecule has 1 heterocycles. The van der Waals surface area contributed by atoms with Gasteiger partial charge in [-0.05, 0) is 31.5 Å². The number of nitrogens with one attached hydrogen (secondary N) is 1. The summed E-state index contributed by atoms with van der Waals surface area (Å²) in [5.41, 5.74) is 1.36. The molecule has 0 aliphatic heterocycles. The van der Waals surface area contributed by atoms with Crippen LogP contribution in [-0.2, 0) is 11.2 Å². The summed E-state index contributed by atoms with van der Waals surface area (Å²) in [6.45, 7) is 4.58. The van der Waals surface area contributed by atoms with Crippen LogP contribution >= 0.6 is 11.5 Å². The highest BCUT2D eigenvalue weighted by Gasteiger charge is 2.17. The minimum absolute atomic E-state index is 0.166. The Morgan fingerprint density at radius 3 is 2.57 bits per heavy atom. The smallest absolute Gasteiger partial charge is 0.226 e. The summed E-state index contributed by atoms with van der Waals surface area (Å²) >= 11 is 1.34. The van der Waals surface area contributed by atoms with Crippen LogP contribution in [0.15, 0.2) is 54.6 Å². The summed E-state index contributed by atoms with van der Waals surface area (Å²) in [7, 11) is 0. The van der Waals surface area contributed by atoms with E-state index >= 15 is 0 Å². The van der Waals surface area contributed by atoms with Crippen molar-refractivity contribution in [3.63, 3.8) is 0 Å². The lowest BCUT2D eigenvalue weighted by Gasteiger charge is -2.25. The molecule has 0 unspecified atom stereocenters. The van der Waals surface area contributed by atoms with Crippen LogP contribution in [-0.4, -0.2) is 27.9 Å². The van der Waals surface area contributed by atoms with E-state index in [2.05, 4.69) is 14.7 Å². The maximum atomic E-state index is 13.7. The highest BCUT2D eigenvalue weighted by molar-refractivity contribution is 7.09. The van der Waals surface area contributed by atoms with Crippen molar-refractivity contribution in [2.24, 2.45) is 0 Å². The summed E-state index contributed by atoms with van der Waals surface area (Å²) in [5, 5.41) is 3.41. The second-order valence-electron chi connectivity index (χ2n) is 6.72. The SMILES string of the molecule is CC(C)N(CCC(=O)Nc1ccccc1F)c1nc(Cc2ccccc2)ns1. The maximum absolute atomic E-state index is 13.7. The van der Waals surface area contributed by atoms with E-state index in [1.807, 2.05) is 49.1 Å². The zero-order valence-electron chi connectivity index (χ0n) is 15.9. The van der Waals surface area contributed by atoms with Gasteiger partial charge >= 0.3 is 0 Å². The fourth-order valence-electron chi connectivity index (χ4n) is 2.78. The highest BCUT2D eigenvalue weighted by atomic mass is 32.1. The zero-order valence-corrected chi connectivity index (χ0v) is 16.7. The number of hydrogen-bond donors (Lipinski definition) is 1. The number of halogens is 1. The number of aromatic nitrogens is 2. The highest BCUT2D eigenvalue weighted by Crippen LogP contribution is 2.22. The average Bonchev–Trinajstić information content (AvgIpc) is 3.12. The van der Waals surface area contributed by atoms with Crippen molar-refractivity contribution in [2.75, 3.05) is 16.8 Å². The summed E-state index contributed by atoms with van der Waals surface area (Å²) in [5.74, 6) is 0.101. The standard InChI is InChI=1S/C21H23FN4OS/c1-15(2)26(13-12-20(27)23-18-11-7-6-10-17(18)22)21-24-19(25-28-21)14-16-8-4-3-5-9-16/h3-11,15H,12-14H2,1-2H3,(H,23,27). The Morgan fingerprint density at radius 2 is 1.86 bits per heavy atom. The predicted molar refractivity (Wildman–Crippen MR) is 111 cm³/mol. The molecule has 2 aromatic carbocycles. The van der Waals surface area contributed by atoms with Gasteiger partial charge in [0.2, 0.25) is 11.0 Å². The van der Waals surface area contributed by atoms with Crippen LogP contribution in [0.4, 0.5) is 15.2 Å². The molecule has 5 nitrogen and oxygen atoms in total. The van der Waals surface area contributed by atoms with Crippen LogP contribution in [0.1, 0.15) is 31.7 Å². The van der Waals surface area contributed by atoms with E-state index in [0.717, 1.165) is 16.5 Å². The fraction of sp³-hybridized carbons (Fsp3) is 0.286. The summed E-state index contributed by atoms with van der Waals surface area (Å²) < 4.78 is 18.1. The average molecular weight is 399 g/mol. The Labute approximate surface area is 168 Å². The molecule has 0 saturated heterocycles. The maximum Gasteiger partial charge on any atom is 0.226 e. The van der Waals surface area contributed by atoms with Crippen LogP contribution in [0.25, 0.3) is 0 Å². The van der Waals surface area contributed by atoms with Crippen molar-refractivity contribution < 1.29 is 9.18 Å². The van der Waals surface area contributed by atoms with E-state index in [4.69, 9.17) is 0 Å². The van der Waals surface area contributed by atoms with Crippen molar-refractivity contribution in [3.8, 4) is 0 Å². The number of carbonyl (C=O) groups is 1. The molecule has 0 saturated carbocycles. The molecular weight excluding hydrogens is 375 g/mol. The molecule has 1 amide bonds. The molecule has 0 atom stereocenters. The first-order chi connectivity index (χ1) is 13.5. The Balaban J connectivity index is 1.61. The second kappa shape index (κ2) is 9.41. The molecule has 146 valence electrons. The quantitative estimate of drug-likeness (QED) is 0.606. The van der Waals surface area contributed by atoms with Gasteiger partial charge in [-0.15, -0.1) is 0 Å². The second-order valence-corrected chi connectivity index (χ2v) is 7.45. The number of nitrogens with zero attached hydrogens (tertiary/aromatic N) is 3. The van der Waals surface area contributed by atoms with E-state index in [-0.39, 0.29) is 24.1 Å². The van der Waals surface area contributed by atoms with E-state index in [0.29, 0.717) is 13.0 Å². The van der Waals surface area contributed by atoms with Gasteiger partial charge < -0.3 is 10.2 Å². The van der Waals surface area contributed by atoms with Crippen LogP contribution < -0.4 is 10.2 Å². The molecule has 1 aromatic heterocycles. The van der Waals surface area contributed by atoms with Gasteiger partial charge in [0, 0.05) is 37.0 Å². The molecule has 0 aliphatic carbocycles. The molecule has 1 N–H and O–H groups in total. The van der Waals surface area contributed by atoms with E-state index in [9.17, 15) is 9.18 Å². The van der Waals surface area contributed by atoms with Gasteiger partial charge in [-0.1, -0.05) is 42.5 Å². The fourth-order valence-corrected chi connectivity index (χ4v) is 3.63. The van der Waals surface area contributed by atoms with E-state index < -0.39 is 5.82 Å². The normalized spacial score (nSPS) is 10.9. The zero-order chi connectivity index (χ0) is 19.9. The van der Waals surface area contributed by atoms with Gasteiger partial charge in [-0.2, -0.15) is 4.37 Å². The molecule has 0 bridgehead atoms. The molecule has 0 radical (unpaired) electrons. The largest absolute Gasteiger partial charge is 0.344 e. The number of rotatable bonds is 8. The molecule has 3 rings (SSSR count). The van der Waals surface area contributed by atoms with E-state index in [1.54, 1.807) is 18.2 Å². The summed E-state index contributed by atoms with van der Waals surface area (Å²) in [6, 6.07) is 16.4. The summed E-state index contributed by atoms with van der Waals surface area (Å²) in [4.78, 5) is 18.9. The van der Waals surface area contributed by atoms with Gasteiger partial charge in [0.15, 0.2) is 0 Å². The first-order valence-electron chi connectivity index (χ1n) is 9.20. The topological polar surface area (TPSA) is 58.1 Å². The Morgan fingerprint density at radius 1 is 1.14 bits per heavy atom. The lowest BCUT2D eigenvalue weighted by Crippen LogP contribution is -2.33. The number of para-hydroxylation sites is 1. The molecule has 0 spiro atoms. The lowest BCUT2D eigenvalue weighted by molar-refractivity contribution is -0.116. The van der Waals surface area contributed by atoms with Crippen molar-refractivity contribution in [3.05, 3.63) is 71.8 Å². The van der Waals surface area contributed by atoms with Crippen molar-refractivity contribution in [1.29, 1.82) is 0 Å². The number of benzene rings is 2.